The summed E-state index contributed by atoms with van der Waals surface area (Å²) in [7, 11) is 0. The molecule has 1 aliphatic rings. The maximum Gasteiger partial charge on any atom is 0.273 e. The molecule has 1 N–H and O–H groups in total. The van der Waals surface area contributed by atoms with E-state index in [4.69, 9.17) is 4.74 Å². The lowest BCUT2D eigenvalue weighted by Crippen LogP contribution is -2.34. The molecule has 17 heavy (non-hydrogen) atoms. The molecule has 0 bridgehead atoms. The van der Waals surface area contributed by atoms with E-state index in [0.717, 1.165) is 18.6 Å². The van der Waals surface area contributed by atoms with Crippen LogP contribution in [0, 0.1) is 10.1 Å². The second kappa shape index (κ2) is 5.25. The topological polar surface area (TPSA) is 64.4 Å². The quantitative estimate of drug-likeness (QED) is 0.640. The monoisotopic (exact) mass is 236 g/mol. The third-order valence-corrected chi connectivity index (χ3v) is 3.12. The Hall–Kier alpha value is -1.46. The van der Waals surface area contributed by atoms with Crippen LogP contribution in [-0.2, 0) is 11.3 Å². The SMILES string of the molecule is CC1OCCC1NCc1ccccc1[N+](=O)[O-]. The van der Waals surface area contributed by atoms with Crippen molar-refractivity contribution in [2.45, 2.75) is 32.0 Å². The predicted molar refractivity (Wildman–Crippen MR) is 63.8 cm³/mol. The highest BCUT2D eigenvalue weighted by Crippen LogP contribution is 2.19. The van der Waals surface area contributed by atoms with Gasteiger partial charge in [0.25, 0.3) is 5.69 Å². The third kappa shape index (κ3) is 2.81. The van der Waals surface area contributed by atoms with Crippen LogP contribution in [0.15, 0.2) is 24.3 Å². The minimum Gasteiger partial charge on any atom is -0.377 e. The number of nitrogens with one attached hydrogen (secondary N) is 1. The molecule has 1 heterocycles. The van der Waals surface area contributed by atoms with Crippen LogP contribution in [0.25, 0.3) is 0 Å². The minimum atomic E-state index is -0.342. The van der Waals surface area contributed by atoms with Gasteiger partial charge in [0.1, 0.15) is 0 Å². The smallest absolute Gasteiger partial charge is 0.273 e. The highest BCUT2D eigenvalue weighted by Gasteiger charge is 2.24. The van der Waals surface area contributed by atoms with Crippen molar-refractivity contribution in [1.82, 2.24) is 5.32 Å². The molecule has 0 aliphatic carbocycles. The lowest BCUT2D eigenvalue weighted by atomic mass is 10.1. The van der Waals surface area contributed by atoms with Gasteiger partial charge in [0.15, 0.2) is 0 Å². The van der Waals surface area contributed by atoms with Crippen LogP contribution in [0.2, 0.25) is 0 Å². The van der Waals surface area contributed by atoms with Crippen molar-refractivity contribution < 1.29 is 9.66 Å². The van der Waals surface area contributed by atoms with E-state index in [-0.39, 0.29) is 22.8 Å². The van der Waals surface area contributed by atoms with E-state index in [0.29, 0.717) is 6.54 Å². The Labute approximate surface area is 99.9 Å². The van der Waals surface area contributed by atoms with E-state index in [1.807, 2.05) is 13.0 Å². The number of para-hydroxylation sites is 1. The van der Waals surface area contributed by atoms with Gasteiger partial charge in [0, 0.05) is 30.8 Å². The van der Waals surface area contributed by atoms with Gasteiger partial charge in [-0.1, -0.05) is 18.2 Å². The minimum absolute atomic E-state index is 0.173. The predicted octanol–water partition coefficient (Wildman–Crippen LogP) is 1.86. The molecule has 5 heteroatoms. The summed E-state index contributed by atoms with van der Waals surface area (Å²) < 4.78 is 5.44. The fourth-order valence-corrected chi connectivity index (χ4v) is 2.08. The zero-order chi connectivity index (χ0) is 12.3. The van der Waals surface area contributed by atoms with Crippen LogP contribution in [-0.4, -0.2) is 23.7 Å². The highest BCUT2D eigenvalue weighted by molar-refractivity contribution is 5.39. The maximum atomic E-state index is 10.8. The summed E-state index contributed by atoms with van der Waals surface area (Å²) in [5.74, 6) is 0. The van der Waals surface area contributed by atoms with Crippen molar-refractivity contribution in [3.8, 4) is 0 Å². The lowest BCUT2D eigenvalue weighted by molar-refractivity contribution is -0.385. The lowest BCUT2D eigenvalue weighted by Gasteiger charge is -2.15. The number of nitro benzene ring substituents is 1. The summed E-state index contributed by atoms with van der Waals surface area (Å²) in [6, 6.07) is 7.11. The van der Waals surface area contributed by atoms with Gasteiger partial charge in [0.2, 0.25) is 0 Å². The molecule has 5 nitrogen and oxygen atoms in total. The van der Waals surface area contributed by atoms with Gasteiger partial charge in [-0.05, 0) is 13.3 Å². The highest BCUT2D eigenvalue weighted by atomic mass is 16.6. The first-order valence-electron chi connectivity index (χ1n) is 5.76. The Bertz CT molecular complexity index is 408. The Morgan fingerprint density at radius 1 is 1.53 bits per heavy atom. The van der Waals surface area contributed by atoms with E-state index >= 15 is 0 Å². The van der Waals surface area contributed by atoms with Crippen molar-refractivity contribution in [3.05, 3.63) is 39.9 Å². The van der Waals surface area contributed by atoms with Gasteiger partial charge in [-0.25, -0.2) is 0 Å². The van der Waals surface area contributed by atoms with E-state index in [1.165, 1.54) is 6.07 Å². The second-order valence-electron chi connectivity index (χ2n) is 4.24. The summed E-state index contributed by atoms with van der Waals surface area (Å²) in [4.78, 5) is 10.5. The van der Waals surface area contributed by atoms with Gasteiger partial charge in [-0.2, -0.15) is 0 Å². The number of hydrogen-bond acceptors (Lipinski definition) is 4. The van der Waals surface area contributed by atoms with E-state index < -0.39 is 0 Å². The standard InChI is InChI=1S/C12H16N2O3/c1-9-11(6-7-17-9)13-8-10-4-2-3-5-12(10)14(15)16/h2-5,9,11,13H,6-8H2,1H3. The number of rotatable bonds is 4. The van der Waals surface area contributed by atoms with Crippen molar-refractivity contribution in [3.63, 3.8) is 0 Å². The molecule has 1 aromatic rings. The molecule has 0 aromatic heterocycles. The third-order valence-electron chi connectivity index (χ3n) is 3.12. The van der Waals surface area contributed by atoms with Crippen molar-refractivity contribution in [2.24, 2.45) is 0 Å². The van der Waals surface area contributed by atoms with E-state index in [1.54, 1.807) is 12.1 Å². The first kappa shape index (κ1) is 12.0. The summed E-state index contributed by atoms with van der Waals surface area (Å²) in [6.07, 6.45) is 1.14. The van der Waals surface area contributed by atoms with E-state index in [9.17, 15) is 10.1 Å². The molecule has 2 atom stereocenters. The Kier molecular flexibility index (Phi) is 3.71. The molecule has 2 unspecified atom stereocenters. The molecule has 0 saturated carbocycles. The average Bonchev–Trinajstić information content (AvgIpc) is 2.72. The Morgan fingerprint density at radius 2 is 2.29 bits per heavy atom. The summed E-state index contributed by atoms with van der Waals surface area (Å²) >= 11 is 0. The van der Waals surface area contributed by atoms with Gasteiger partial charge >= 0.3 is 0 Å². The van der Waals surface area contributed by atoms with Crippen LogP contribution >= 0.6 is 0 Å². The number of benzene rings is 1. The molecule has 1 aliphatic heterocycles. The zero-order valence-corrected chi connectivity index (χ0v) is 9.76. The van der Waals surface area contributed by atoms with Crippen molar-refractivity contribution in [2.75, 3.05) is 6.61 Å². The normalized spacial score (nSPS) is 23.8. The molecule has 0 amide bonds. The molecule has 1 fully saturated rings. The molecule has 1 aromatic carbocycles. The molecule has 1 saturated heterocycles. The Balaban J connectivity index is 2.01. The van der Waals surface area contributed by atoms with Crippen LogP contribution in [0.3, 0.4) is 0 Å². The average molecular weight is 236 g/mol. The molecule has 2 rings (SSSR count). The maximum absolute atomic E-state index is 10.8. The largest absolute Gasteiger partial charge is 0.377 e. The number of nitro groups is 1. The van der Waals surface area contributed by atoms with Gasteiger partial charge in [-0.15, -0.1) is 0 Å². The Morgan fingerprint density at radius 3 is 2.94 bits per heavy atom. The molecule has 0 radical (unpaired) electrons. The van der Waals surface area contributed by atoms with Crippen molar-refractivity contribution >= 4 is 5.69 Å². The molecular weight excluding hydrogens is 220 g/mol. The molecular formula is C12H16N2O3. The van der Waals surface area contributed by atoms with Crippen LogP contribution in [0.4, 0.5) is 5.69 Å². The number of nitrogens with zero attached hydrogens (tertiary/aromatic N) is 1. The summed E-state index contributed by atoms with van der Waals surface area (Å²) in [6.45, 7) is 3.29. The van der Waals surface area contributed by atoms with Gasteiger partial charge in [0.05, 0.1) is 11.0 Å². The van der Waals surface area contributed by atoms with E-state index in [2.05, 4.69) is 5.32 Å². The van der Waals surface area contributed by atoms with Crippen molar-refractivity contribution in [1.29, 1.82) is 0 Å². The fraction of sp³-hybridized carbons (Fsp3) is 0.500. The fourth-order valence-electron chi connectivity index (χ4n) is 2.08. The first-order chi connectivity index (χ1) is 8.18. The van der Waals surface area contributed by atoms with Crippen LogP contribution < -0.4 is 5.32 Å². The molecule has 0 spiro atoms. The number of ether oxygens (including phenoxy) is 1. The zero-order valence-electron chi connectivity index (χ0n) is 9.76. The summed E-state index contributed by atoms with van der Waals surface area (Å²) in [5, 5.41) is 14.1. The van der Waals surface area contributed by atoms with Crippen LogP contribution in [0.5, 0.6) is 0 Å². The first-order valence-corrected chi connectivity index (χ1v) is 5.76. The summed E-state index contributed by atoms with van der Waals surface area (Å²) in [5.41, 5.74) is 0.892. The van der Waals surface area contributed by atoms with Gasteiger partial charge < -0.3 is 10.1 Å². The number of hydrogen-bond donors (Lipinski definition) is 1. The van der Waals surface area contributed by atoms with Gasteiger partial charge in [-0.3, -0.25) is 10.1 Å². The van der Waals surface area contributed by atoms with Crippen LogP contribution in [0.1, 0.15) is 18.9 Å². The second-order valence-corrected chi connectivity index (χ2v) is 4.24. The molecule has 92 valence electrons.